The SMILES string of the molecule is O=C(NC1(C(=O)O)CCSCC1)c1coc(-c2c(F)cccc2F)n1. The second-order valence-corrected chi connectivity index (χ2v) is 6.81. The van der Waals surface area contributed by atoms with Crippen LogP contribution in [0.2, 0.25) is 0 Å². The molecular weight excluding hydrogens is 354 g/mol. The highest BCUT2D eigenvalue weighted by Gasteiger charge is 2.41. The van der Waals surface area contributed by atoms with Crippen molar-refractivity contribution in [2.24, 2.45) is 0 Å². The largest absolute Gasteiger partial charge is 0.480 e. The van der Waals surface area contributed by atoms with Crippen LogP contribution in [0.25, 0.3) is 11.5 Å². The van der Waals surface area contributed by atoms with E-state index in [-0.39, 0.29) is 24.4 Å². The van der Waals surface area contributed by atoms with Crippen LogP contribution in [0.4, 0.5) is 8.78 Å². The van der Waals surface area contributed by atoms with Gasteiger partial charge >= 0.3 is 5.97 Å². The minimum Gasteiger partial charge on any atom is -0.480 e. The number of carbonyl (C=O) groups is 2. The first-order valence-corrected chi connectivity index (χ1v) is 8.62. The van der Waals surface area contributed by atoms with E-state index in [1.165, 1.54) is 6.07 Å². The summed E-state index contributed by atoms with van der Waals surface area (Å²) in [5.74, 6) is -2.80. The van der Waals surface area contributed by atoms with E-state index in [1.54, 1.807) is 11.8 Å². The first kappa shape index (κ1) is 17.4. The second-order valence-electron chi connectivity index (χ2n) is 5.59. The molecule has 25 heavy (non-hydrogen) atoms. The molecule has 1 saturated heterocycles. The number of nitrogens with zero attached hydrogens (tertiary/aromatic N) is 1. The second kappa shape index (κ2) is 6.83. The molecule has 0 aliphatic carbocycles. The molecule has 132 valence electrons. The summed E-state index contributed by atoms with van der Waals surface area (Å²) in [4.78, 5) is 27.7. The molecule has 1 aliphatic rings. The number of aliphatic carboxylic acids is 1. The van der Waals surface area contributed by atoms with Crippen molar-refractivity contribution < 1.29 is 27.9 Å². The van der Waals surface area contributed by atoms with Gasteiger partial charge in [0.05, 0.1) is 0 Å². The summed E-state index contributed by atoms with van der Waals surface area (Å²) in [5, 5.41) is 12.0. The zero-order valence-corrected chi connectivity index (χ0v) is 13.7. The summed E-state index contributed by atoms with van der Waals surface area (Å²) < 4.78 is 32.5. The number of carbonyl (C=O) groups excluding carboxylic acids is 1. The van der Waals surface area contributed by atoms with Crippen LogP contribution in [-0.4, -0.2) is 39.0 Å². The molecule has 0 atom stereocenters. The normalized spacial score (nSPS) is 16.4. The lowest BCUT2D eigenvalue weighted by molar-refractivity contribution is -0.144. The van der Waals surface area contributed by atoms with Crippen LogP contribution in [0.5, 0.6) is 0 Å². The monoisotopic (exact) mass is 368 g/mol. The number of rotatable bonds is 4. The zero-order chi connectivity index (χ0) is 18.0. The van der Waals surface area contributed by atoms with Gasteiger partial charge in [0.1, 0.15) is 29.0 Å². The van der Waals surface area contributed by atoms with Crippen molar-refractivity contribution in [1.29, 1.82) is 0 Å². The van der Waals surface area contributed by atoms with Gasteiger partial charge < -0.3 is 14.8 Å². The Balaban J connectivity index is 1.84. The minimum atomic E-state index is -1.37. The van der Waals surface area contributed by atoms with E-state index in [9.17, 15) is 23.5 Å². The van der Waals surface area contributed by atoms with E-state index in [4.69, 9.17) is 4.42 Å². The third-order valence-electron chi connectivity index (χ3n) is 4.02. The summed E-state index contributed by atoms with van der Waals surface area (Å²) in [6.45, 7) is 0. The van der Waals surface area contributed by atoms with E-state index < -0.39 is 34.6 Å². The molecule has 0 spiro atoms. The Morgan fingerprint density at radius 1 is 1.24 bits per heavy atom. The molecule has 1 aromatic heterocycles. The molecule has 0 bridgehead atoms. The summed E-state index contributed by atoms with van der Waals surface area (Å²) in [6, 6.07) is 3.28. The van der Waals surface area contributed by atoms with Gasteiger partial charge in [-0.05, 0) is 36.5 Å². The quantitative estimate of drug-likeness (QED) is 0.862. The molecule has 2 aromatic rings. The number of carboxylic acid groups (broad SMARTS) is 1. The van der Waals surface area contributed by atoms with E-state index in [2.05, 4.69) is 10.3 Å². The third kappa shape index (κ3) is 3.37. The van der Waals surface area contributed by atoms with Crippen LogP contribution in [0, 0.1) is 11.6 Å². The molecule has 0 unspecified atom stereocenters. The predicted octanol–water partition coefficient (Wildman–Crippen LogP) is 2.70. The van der Waals surface area contributed by atoms with Crippen molar-refractivity contribution in [3.8, 4) is 11.5 Å². The van der Waals surface area contributed by atoms with Crippen molar-refractivity contribution >= 4 is 23.6 Å². The summed E-state index contributed by atoms with van der Waals surface area (Å²) in [6.07, 6.45) is 1.51. The first-order valence-electron chi connectivity index (χ1n) is 7.46. The molecule has 0 radical (unpaired) electrons. The smallest absolute Gasteiger partial charge is 0.329 e. The standard InChI is InChI=1S/C16H14F2N2O4S/c17-9-2-1-3-10(18)12(9)14-19-11(8-24-14)13(21)20-16(15(22)23)4-6-25-7-5-16/h1-3,8H,4-7H2,(H,20,21)(H,22,23). The Labute approximate surface area is 145 Å². The van der Waals surface area contributed by atoms with Crippen molar-refractivity contribution in [2.45, 2.75) is 18.4 Å². The highest BCUT2D eigenvalue weighted by Crippen LogP contribution is 2.29. The maximum Gasteiger partial charge on any atom is 0.329 e. The molecule has 1 aliphatic heterocycles. The lowest BCUT2D eigenvalue weighted by atomic mass is 9.92. The van der Waals surface area contributed by atoms with E-state index in [0.717, 1.165) is 18.4 Å². The molecule has 0 saturated carbocycles. The fraction of sp³-hybridized carbons (Fsp3) is 0.312. The van der Waals surface area contributed by atoms with Crippen molar-refractivity contribution in [3.05, 3.63) is 41.8 Å². The van der Waals surface area contributed by atoms with Crippen LogP contribution >= 0.6 is 11.8 Å². The maximum absolute atomic E-state index is 13.8. The van der Waals surface area contributed by atoms with Crippen molar-refractivity contribution in [3.63, 3.8) is 0 Å². The highest BCUT2D eigenvalue weighted by molar-refractivity contribution is 7.99. The number of thioether (sulfide) groups is 1. The Hall–Kier alpha value is -2.42. The predicted molar refractivity (Wildman–Crippen MR) is 86.2 cm³/mol. The van der Waals surface area contributed by atoms with Crippen LogP contribution in [0.15, 0.2) is 28.9 Å². The number of halogens is 2. The summed E-state index contributed by atoms with van der Waals surface area (Å²) >= 11 is 1.61. The van der Waals surface area contributed by atoms with Gasteiger partial charge in [0.15, 0.2) is 5.69 Å². The van der Waals surface area contributed by atoms with Gasteiger partial charge in [0.25, 0.3) is 5.91 Å². The number of carboxylic acids is 1. The van der Waals surface area contributed by atoms with Gasteiger partial charge in [-0.25, -0.2) is 18.6 Å². The number of oxazole rings is 1. The van der Waals surface area contributed by atoms with E-state index in [1.807, 2.05) is 0 Å². The number of amides is 1. The van der Waals surface area contributed by atoms with Gasteiger partial charge in [-0.2, -0.15) is 11.8 Å². The van der Waals surface area contributed by atoms with Crippen LogP contribution < -0.4 is 5.32 Å². The Morgan fingerprint density at radius 3 is 2.48 bits per heavy atom. The minimum absolute atomic E-state index is 0.239. The highest BCUT2D eigenvalue weighted by atomic mass is 32.2. The number of nitrogens with one attached hydrogen (secondary N) is 1. The number of hydrogen-bond acceptors (Lipinski definition) is 5. The third-order valence-corrected chi connectivity index (χ3v) is 5.01. The number of benzene rings is 1. The summed E-state index contributed by atoms with van der Waals surface area (Å²) in [7, 11) is 0. The number of hydrogen-bond donors (Lipinski definition) is 2. The fourth-order valence-electron chi connectivity index (χ4n) is 2.59. The van der Waals surface area contributed by atoms with Gasteiger partial charge in [-0.3, -0.25) is 4.79 Å². The molecule has 6 nitrogen and oxygen atoms in total. The molecular formula is C16H14F2N2O4S. The van der Waals surface area contributed by atoms with E-state index >= 15 is 0 Å². The Morgan fingerprint density at radius 2 is 1.88 bits per heavy atom. The average molecular weight is 368 g/mol. The van der Waals surface area contributed by atoms with E-state index in [0.29, 0.717) is 11.5 Å². The Kier molecular flexibility index (Phi) is 4.76. The molecule has 2 heterocycles. The number of aromatic nitrogens is 1. The molecule has 1 fully saturated rings. The molecule has 1 aromatic carbocycles. The van der Waals surface area contributed by atoms with Gasteiger partial charge in [-0.15, -0.1) is 0 Å². The summed E-state index contributed by atoms with van der Waals surface area (Å²) in [5.41, 5.74) is -2.09. The lowest BCUT2D eigenvalue weighted by Gasteiger charge is -2.33. The molecule has 1 amide bonds. The zero-order valence-electron chi connectivity index (χ0n) is 12.9. The fourth-order valence-corrected chi connectivity index (χ4v) is 3.78. The Bertz CT molecular complexity index is 798. The van der Waals surface area contributed by atoms with Crippen molar-refractivity contribution in [1.82, 2.24) is 10.3 Å². The maximum atomic E-state index is 13.8. The van der Waals surface area contributed by atoms with Gasteiger partial charge in [-0.1, -0.05) is 6.07 Å². The van der Waals surface area contributed by atoms with Gasteiger partial charge in [0.2, 0.25) is 5.89 Å². The van der Waals surface area contributed by atoms with Crippen molar-refractivity contribution in [2.75, 3.05) is 11.5 Å². The topological polar surface area (TPSA) is 92.4 Å². The molecule has 2 N–H and O–H groups in total. The van der Waals surface area contributed by atoms with Crippen LogP contribution in [0.1, 0.15) is 23.3 Å². The van der Waals surface area contributed by atoms with Crippen LogP contribution in [-0.2, 0) is 4.79 Å². The first-order chi connectivity index (χ1) is 11.9. The van der Waals surface area contributed by atoms with Gasteiger partial charge in [0, 0.05) is 0 Å². The average Bonchev–Trinajstić information content (AvgIpc) is 3.05. The van der Waals surface area contributed by atoms with Crippen LogP contribution in [0.3, 0.4) is 0 Å². The lowest BCUT2D eigenvalue weighted by Crippen LogP contribution is -2.56. The molecule has 9 heteroatoms. The molecule has 3 rings (SSSR count).